The Hall–Kier alpha value is -1.42. The zero-order valence-electron chi connectivity index (χ0n) is 10.7. The van der Waals surface area contributed by atoms with Gasteiger partial charge in [0.05, 0.1) is 6.42 Å². The van der Waals surface area contributed by atoms with Crippen molar-refractivity contribution in [3.63, 3.8) is 0 Å². The summed E-state index contributed by atoms with van der Waals surface area (Å²) in [6.07, 6.45) is 2.62. The molecule has 0 fully saturated rings. The fourth-order valence-electron chi connectivity index (χ4n) is 1.50. The number of carbonyl (C=O) groups excluding carboxylic acids is 1. The van der Waals surface area contributed by atoms with Crippen molar-refractivity contribution >= 4 is 5.97 Å². The first-order chi connectivity index (χ1) is 7.92. The topological polar surface area (TPSA) is 65.2 Å². The number of esters is 1. The Morgan fingerprint density at radius 3 is 2.76 bits per heavy atom. The van der Waals surface area contributed by atoms with Crippen molar-refractivity contribution < 1.29 is 9.53 Å². The molecular weight excluding hydrogens is 216 g/mol. The van der Waals surface area contributed by atoms with Crippen LogP contribution in [-0.4, -0.2) is 16.6 Å². The van der Waals surface area contributed by atoms with Gasteiger partial charge >= 0.3 is 5.97 Å². The lowest BCUT2D eigenvalue weighted by atomic mass is 10.1. The van der Waals surface area contributed by atoms with E-state index in [4.69, 9.17) is 10.5 Å². The van der Waals surface area contributed by atoms with E-state index in [-0.39, 0.29) is 5.97 Å². The van der Waals surface area contributed by atoms with E-state index in [2.05, 4.69) is 4.98 Å². The van der Waals surface area contributed by atoms with Gasteiger partial charge in [-0.15, -0.1) is 0 Å². The molecule has 1 aromatic rings. The van der Waals surface area contributed by atoms with Crippen molar-refractivity contribution in [1.29, 1.82) is 0 Å². The lowest BCUT2D eigenvalue weighted by molar-refractivity contribution is -0.154. The highest BCUT2D eigenvalue weighted by Gasteiger charge is 2.16. The summed E-state index contributed by atoms with van der Waals surface area (Å²) < 4.78 is 5.23. The molecular formula is C13H20N2O2. The first kappa shape index (κ1) is 13.6. The maximum absolute atomic E-state index is 11.6. The molecule has 1 heterocycles. The third kappa shape index (κ3) is 4.95. The minimum Gasteiger partial charge on any atom is -0.460 e. The number of nitrogens with zero attached hydrogens (tertiary/aromatic N) is 1. The van der Waals surface area contributed by atoms with Gasteiger partial charge in [-0.25, -0.2) is 0 Å². The van der Waals surface area contributed by atoms with Crippen molar-refractivity contribution in [2.24, 2.45) is 5.73 Å². The van der Waals surface area contributed by atoms with Crippen LogP contribution >= 0.6 is 0 Å². The monoisotopic (exact) mass is 236 g/mol. The molecule has 0 bridgehead atoms. The standard InChI is InChI=1S/C13H20N2O2/c1-13(2,3)17-12(16)7-6-11-10(9-14)5-4-8-15-11/h4-5,8H,6-7,9,14H2,1-3H3. The zero-order chi connectivity index (χ0) is 12.9. The molecule has 1 rings (SSSR count). The molecule has 0 amide bonds. The molecule has 0 saturated carbocycles. The van der Waals surface area contributed by atoms with Gasteiger partial charge in [-0.2, -0.15) is 0 Å². The van der Waals surface area contributed by atoms with Gasteiger partial charge in [0.2, 0.25) is 0 Å². The number of rotatable bonds is 4. The highest BCUT2D eigenvalue weighted by molar-refractivity contribution is 5.70. The zero-order valence-corrected chi connectivity index (χ0v) is 10.7. The Morgan fingerprint density at radius 2 is 2.18 bits per heavy atom. The number of nitrogens with two attached hydrogens (primary N) is 1. The van der Waals surface area contributed by atoms with E-state index in [1.807, 2.05) is 32.9 Å². The van der Waals surface area contributed by atoms with Crippen molar-refractivity contribution in [1.82, 2.24) is 4.98 Å². The van der Waals surface area contributed by atoms with Gasteiger partial charge < -0.3 is 10.5 Å². The van der Waals surface area contributed by atoms with E-state index in [9.17, 15) is 4.79 Å². The lowest BCUT2D eigenvalue weighted by Crippen LogP contribution is -2.24. The summed E-state index contributed by atoms with van der Waals surface area (Å²) in [5, 5.41) is 0. The Morgan fingerprint density at radius 1 is 1.47 bits per heavy atom. The minimum atomic E-state index is -0.433. The van der Waals surface area contributed by atoms with Crippen LogP contribution < -0.4 is 5.73 Å². The molecule has 0 spiro atoms. The summed E-state index contributed by atoms with van der Waals surface area (Å²) in [6.45, 7) is 6.02. The Bertz CT molecular complexity index is 383. The molecule has 0 radical (unpaired) electrons. The maximum atomic E-state index is 11.6. The van der Waals surface area contributed by atoms with Crippen LogP contribution in [0.4, 0.5) is 0 Å². The van der Waals surface area contributed by atoms with E-state index < -0.39 is 5.60 Å². The molecule has 94 valence electrons. The number of ether oxygens (including phenoxy) is 1. The predicted octanol–water partition coefficient (Wildman–Crippen LogP) is 1.81. The highest BCUT2D eigenvalue weighted by Crippen LogP contribution is 2.11. The first-order valence-electron chi connectivity index (χ1n) is 5.77. The summed E-state index contributed by atoms with van der Waals surface area (Å²) >= 11 is 0. The van der Waals surface area contributed by atoms with Gasteiger partial charge in [0.1, 0.15) is 5.60 Å². The number of pyridine rings is 1. The van der Waals surface area contributed by atoms with Crippen molar-refractivity contribution in [3.8, 4) is 0 Å². The highest BCUT2D eigenvalue weighted by atomic mass is 16.6. The average Bonchev–Trinajstić information content (AvgIpc) is 2.24. The third-order valence-electron chi connectivity index (χ3n) is 2.19. The van der Waals surface area contributed by atoms with Crippen LogP contribution in [0, 0.1) is 0 Å². The van der Waals surface area contributed by atoms with Gasteiger partial charge in [-0.05, 0) is 32.4 Å². The number of aryl methyl sites for hydroxylation is 1. The third-order valence-corrected chi connectivity index (χ3v) is 2.19. The van der Waals surface area contributed by atoms with E-state index in [1.165, 1.54) is 0 Å². The summed E-state index contributed by atoms with van der Waals surface area (Å²) in [5.74, 6) is -0.203. The van der Waals surface area contributed by atoms with Gasteiger partial charge in [0.15, 0.2) is 0 Å². The van der Waals surface area contributed by atoms with Gasteiger partial charge in [-0.3, -0.25) is 9.78 Å². The molecule has 0 unspecified atom stereocenters. The fraction of sp³-hybridized carbons (Fsp3) is 0.538. The molecule has 4 nitrogen and oxygen atoms in total. The van der Waals surface area contributed by atoms with Crippen LogP contribution in [0.3, 0.4) is 0 Å². The quantitative estimate of drug-likeness (QED) is 0.810. The van der Waals surface area contributed by atoms with Crippen LogP contribution in [0.15, 0.2) is 18.3 Å². The largest absolute Gasteiger partial charge is 0.460 e. The van der Waals surface area contributed by atoms with Crippen LogP contribution in [0.2, 0.25) is 0 Å². The Labute approximate surface area is 102 Å². The molecule has 0 aliphatic carbocycles. The van der Waals surface area contributed by atoms with E-state index in [0.29, 0.717) is 19.4 Å². The number of hydrogen-bond acceptors (Lipinski definition) is 4. The SMILES string of the molecule is CC(C)(C)OC(=O)CCc1ncccc1CN. The average molecular weight is 236 g/mol. The van der Waals surface area contributed by atoms with Crippen molar-refractivity contribution in [2.75, 3.05) is 0 Å². The summed E-state index contributed by atoms with van der Waals surface area (Å²) in [6, 6.07) is 3.77. The van der Waals surface area contributed by atoms with Crippen LogP contribution in [0.25, 0.3) is 0 Å². The smallest absolute Gasteiger partial charge is 0.306 e. The van der Waals surface area contributed by atoms with Crippen LogP contribution in [0.5, 0.6) is 0 Å². The van der Waals surface area contributed by atoms with Gasteiger partial charge in [0, 0.05) is 24.9 Å². The second-order valence-corrected chi connectivity index (χ2v) is 4.90. The molecule has 2 N–H and O–H groups in total. The van der Waals surface area contributed by atoms with E-state index in [0.717, 1.165) is 11.3 Å². The maximum Gasteiger partial charge on any atom is 0.306 e. The molecule has 0 aromatic carbocycles. The predicted molar refractivity (Wildman–Crippen MR) is 66.3 cm³/mol. The molecule has 0 aliphatic rings. The Balaban J connectivity index is 2.53. The summed E-state index contributed by atoms with van der Waals surface area (Å²) in [4.78, 5) is 15.8. The molecule has 0 aliphatic heterocycles. The minimum absolute atomic E-state index is 0.203. The fourth-order valence-corrected chi connectivity index (χ4v) is 1.50. The van der Waals surface area contributed by atoms with Gasteiger partial charge in [-0.1, -0.05) is 6.07 Å². The normalized spacial score (nSPS) is 11.3. The molecule has 0 saturated heterocycles. The van der Waals surface area contributed by atoms with E-state index in [1.54, 1.807) is 6.20 Å². The number of hydrogen-bond donors (Lipinski definition) is 1. The summed E-state index contributed by atoms with van der Waals surface area (Å²) in [5.41, 5.74) is 7.03. The van der Waals surface area contributed by atoms with Gasteiger partial charge in [0.25, 0.3) is 0 Å². The van der Waals surface area contributed by atoms with Crippen molar-refractivity contribution in [2.45, 2.75) is 45.8 Å². The second kappa shape index (κ2) is 5.77. The molecule has 1 aromatic heterocycles. The Kier molecular flexibility index (Phi) is 4.63. The number of carbonyl (C=O) groups is 1. The number of aromatic nitrogens is 1. The van der Waals surface area contributed by atoms with E-state index >= 15 is 0 Å². The van der Waals surface area contributed by atoms with Crippen molar-refractivity contribution in [3.05, 3.63) is 29.6 Å². The lowest BCUT2D eigenvalue weighted by Gasteiger charge is -2.19. The first-order valence-corrected chi connectivity index (χ1v) is 5.77. The molecule has 17 heavy (non-hydrogen) atoms. The summed E-state index contributed by atoms with van der Waals surface area (Å²) in [7, 11) is 0. The molecule has 0 atom stereocenters. The van der Waals surface area contributed by atoms with Crippen LogP contribution in [0.1, 0.15) is 38.4 Å². The van der Waals surface area contributed by atoms with Crippen LogP contribution in [-0.2, 0) is 22.5 Å². The molecule has 4 heteroatoms. The second-order valence-electron chi connectivity index (χ2n) is 4.90.